The molecule has 190 valence electrons. The van der Waals surface area contributed by atoms with E-state index in [1.807, 2.05) is 0 Å². The number of aliphatic hydroxyl groups is 1. The molecule has 1 saturated heterocycles. The molecule has 2 N–H and O–H groups in total. The fourth-order valence-corrected chi connectivity index (χ4v) is 3.66. The third-order valence-corrected chi connectivity index (χ3v) is 5.43. The van der Waals surface area contributed by atoms with Gasteiger partial charge in [-0.1, -0.05) is 12.1 Å². The predicted molar refractivity (Wildman–Crippen MR) is 126 cm³/mol. The lowest BCUT2D eigenvalue weighted by Gasteiger charge is -2.34. The molecule has 1 aromatic carbocycles. The zero-order valence-corrected chi connectivity index (χ0v) is 19.4. The van der Waals surface area contributed by atoms with Crippen LogP contribution in [0, 0.1) is 6.92 Å². The lowest BCUT2D eigenvalue weighted by molar-refractivity contribution is -0.274. The van der Waals surface area contributed by atoms with Crippen molar-refractivity contribution in [3.8, 4) is 5.75 Å². The van der Waals surface area contributed by atoms with E-state index in [1.165, 1.54) is 30.5 Å². The van der Waals surface area contributed by atoms with Crippen LogP contribution in [0.5, 0.6) is 5.75 Å². The molecular weight excluding hydrogens is 479 g/mol. The Morgan fingerprint density at radius 3 is 2.53 bits per heavy atom. The number of amides is 1. The van der Waals surface area contributed by atoms with Crippen LogP contribution >= 0.6 is 0 Å². The summed E-state index contributed by atoms with van der Waals surface area (Å²) in [6, 6.07) is 5.11. The fraction of sp³-hybridized carbons (Fsp3) is 0.348. The van der Waals surface area contributed by atoms with E-state index in [2.05, 4.69) is 39.8 Å². The minimum absolute atomic E-state index is 0.129. The van der Waals surface area contributed by atoms with Crippen molar-refractivity contribution in [1.29, 1.82) is 0 Å². The molecule has 1 amide bonds. The van der Waals surface area contributed by atoms with Gasteiger partial charge in [-0.05, 0) is 30.7 Å². The van der Waals surface area contributed by atoms with Crippen LogP contribution in [0.15, 0.2) is 36.5 Å². The number of carbonyl (C=O) groups excluding carboxylic acids is 1. The Morgan fingerprint density at radius 1 is 1.14 bits per heavy atom. The van der Waals surface area contributed by atoms with Gasteiger partial charge in [0, 0.05) is 38.8 Å². The number of fused-ring (bicyclic) bond motifs is 1. The minimum atomic E-state index is -4.76. The lowest BCUT2D eigenvalue weighted by Crippen LogP contribution is -2.47. The Bertz CT molecular complexity index is 1240. The maximum absolute atomic E-state index is 12.3. The molecule has 0 radical (unpaired) electrons. The van der Waals surface area contributed by atoms with Crippen molar-refractivity contribution >= 4 is 34.9 Å². The van der Waals surface area contributed by atoms with Crippen LogP contribution in [0.3, 0.4) is 0 Å². The van der Waals surface area contributed by atoms with Crippen LogP contribution in [-0.4, -0.2) is 81.5 Å². The summed E-state index contributed by atoms with van der Waals surface area (Å²) in [4.78, 5) is 34.3. The summed E-state index contributed by atoms with van der Waals surface area (Å²) in [7, 11) is 0. The summed E-state index contributed by atoms with van der Waals surface area (Å²) in [5.74, 6) is -0.0667. The van der Waals surface area contributed by atoms with E-state index in [1.54, 1.807) is 6.92 Å². The Hall–Kier alpha value is -3.84. The Labute approximate surface area is 204 Å². The van der Waals surface area contributed by atoms with E-state index in [9.17, 15) is 18.0 Å². The van der Waals surface area contributed by atoms with Gasteiger partial charge in [-0.15, -0.1) is 13.2 Å². The highest BCUT2D eigenvalue weighted by molar-refractivity contribution is 6.01. The van der Waals surface area contributed by atoms with Gasteiger partial charge in [0.05, 0.1) is 18.5 Å². The Kier molecular flexibility index (Phi) is 7.60. The maximum Gasteiger partial charge on any atom is 0.573 e. The number of β-amino-alcohol motifs (C(OH)–C–C–N with tert-alkyl or cyclic N) is 1. The summed E-state index contributed by atoms with van der Waals surface area (Å²) in [6.07, 6.45) is -0.692. The van der Waals surface area contributed by atoms with Crippen LogP contribution < -0.4 is 15.0 Å². The van der Waals surface area contributed by atoms with Gasteiger partial charge in [0.2, 0.25) is 11.9 Å². The highest BCUT2D eigenvalue weighted by Gasteiger charge is 2.30. The topological polar surface area (TPSA) is 117 Å². The van der Waals surface area contributed by atoms with E-state index in [0.29, 0.717) is 34.9 Å². The quantitative estimate of drug-likeness (QED) is 0.469. The number of hydrogen-bond donors (Lipinski definition) is 2. The van der Waals surface area contributed by atoms with Gasteiger partial charge in [-0.25, -0.2) is 15.0 Å². The van der Waals surface area contributed by atoms with Gasteiger partial charge in [-0.2, -0.15) is 4.98 Å². The molecule has 10 nitrogen and oxygen atoms in total. The number of aryl methyl sites for hydroxylation is 1. The first-order valence-corrected chi connectivity index (χ1v) is 11.1. The zero-order valence-electron chi connectivity index (χ0n) is 19.4. The molecule has 0 saturated carbocycles. The summed E-state index contributed by atoms with van der Waals surface area (Å²) in [5, 5.41) is 11.7. The molecule has 0 bridgehead atoms. The third kappa shape index (κ3) is 6.64. The van der Waals surface area contributed by atoms with Crippen molar-refractivity contribution in [2.45, 2.75) is 13.3 Å². The molecular formula is C23H24F3N7O3. The second-order valence-corrected chi connectivity index (χ2v) is 8.03. The molecule has 0 aliphatic carbocycles. The average Bonchev–Trinajstić information content (AvgIpc) is 2.84. The highest BCUT2D eigenvalue weighted by atomic mass is 19.4. The van der Waals surface area contributed by atoms with Crippen LogP contribution in [0.25, 0.3) is 17.2 Å². The van der Waals surface area contributed by atoms with Crippen molar-refractivity contribution in [2.75, 3.05) is 49.5 Å². The summed E-state index contributed by atoms with van der Waals surface area (Å²) in [5.41, 5.74) is 2.00. The number of carbonyl (C=O) groups is 1. The van der Waals surface area contributed by atoms with E-state index in [-0.39, 0.29) is 18.2 Å². The van der Waals surface area contributed by atoms with Crippen molar-refractivity contribution in [1.82, 2.24) is 24.8 Å². The number of piperazine rings is 1. The van der Waals surface area contributed by atoms with E-state index < -0.39 is 12.3 Å². The van der Waals surface area contributed by atoms with Gasteiger partial charge < -0.3 is 20.1 Å². The van der Waals surface area contributed by atoms with E-state index in [0.717, 1.165) is 38.3 Å². The maximum atomic E-state index is 12.3. The monoisotopic (exact) mass is 503 g/mol. The van der Waals surface area contributed by atoms with Crippen LogP contribution in [0.1, 0.15) is 11.3 Å². The molecule has 1 aliphatic rings. The van der Waals surface area contributed by atoms with Crippen molar-refractivity contribution < 1.29 is 27.8 Å². The SMILES string of the molecule is Cc1nc(N2CCN(CCO)CC2)nc2ncc(NC(=O)/C=C/c3ccc(OC(F)(F)F)cc3)nc12. The number of anilines is 2. The smallest absolute Gasteiger partial charge is 0.406 e. The molecule has 0 atom stereocenters. The van der Waals surface area contributed by atoms with Crippen LogP contribution in [-0.2, 0) is 4.79 Å². The number of ether oxygens (including phenoxy) is 1. The molecule has 2 aromatic heterocycles. The summed E-state index contributed by atoms with van der Waals surface area (Å²) < 4.78 is 40.6. The number of rotatable bonds is 7. The number of benzene rings is 1. The first-order chi connectivity index (χ1) is 17.2. The van der Waals surface area contributed by atoms with E-state index >= 15 is 0 Å². The number of hydrogen-bond acceptors (Lipinski definition) is 9. The second-order valence-electron chi connectivity index (χ2n) is 8.03. The molecule has 0 unspecified atom stereocenters. The minimum Gasteiger partial charge on any atom is -0.406 e. The number of alkyl halides is 3. The lowest BCUT2D eigenvalue weighted by atomic mass is 10.2. The number of halogens is 3. The second kappa shape index (κ2) is 10.8. The third-order valence-electron chi connectivity index (χ3n) is 5.43. The van der Waals surface area contributed by atoms with Crippen LogP contribution in [0.4, 0.5) is 24.9 Å². The van der Waals surface area contributed by atoms with Crippen LogP contribution in [0.2, 0.25) is 0 Å². The highest BCUT2D eigenvalue weighted by Crippen LogP contribution is 2.23. The normalized spacial score (nSPS) is 15.0. The molecule has 3 aromatic rings. The number of nitrogens with zero attached hydrogens (tertiary/aromatic N) is 6. The number of aromatic nitrogens is 4. The average molecular weight is 503 g/mol. The largest absolute Gasteiger partial charge is 0.573 e. The number of aliphatic hydroxyl groups excluding tert-OH is 1. The Morgan fingerprint density at radius 2 is 1.86 bits per heavy atom. The molecule has 1 fully saturated rings. The number of nitrogens with one attached hydrogen (secondary N) is 1. The molecule has 3 heterocycles. The first-order valence-electron chi connectivity index (χ1n) is 11.1. The van der Waals surface area contributed by atoms with Crippen molar-refractivity contribution in [2.24, 2.45) is 0 Å². The van der Waals surface area contributed by atoms with Gasteiger partial charge in [0.1, 0.15) is 11.3 Å². The Balaban J connectivity index is 1.39. The molecule has 36 heavy (non-hydrogen) atoms. The van der Waals surface area contributed by atoms with Gasteiger partial charge in [0.25, 0.3) is 0 Å². The fourth-order valence-electron chi connectivity index (χ4n) is 3.66. The van der Waals surface area contributed by atoms with Crippen molar-refractivity contribution in [3.05, 3.63) is 47.8 Å². The standard InChI is InChI=1S/C23H24F3N7O3/c1-15-20-21(31-22(28-15)33-10-8-32(9-11-33)12-13-34)27-14-18(30-20)29-19(35)7-4-16-2-5-17(6-3-16)36-23(24,25)26/h2-7,14,34H,8-13H2,1H3,(H,29,30,35)/b7-4+. The van der Waals surface area contributed by atoms with Gasteiger partial charge in [-0.3, -0.25) is 9.69 Å². The first kappa shape index (κ1) is 25.3. The predicted octanol–water partition coefficient (Wildman–Crippen LogP) is 2.39. The van der Waals surface area contributed by atoms with Gasteiger partial charge in [0.15, 0.2) is 11.5 Å². The molecule has 4 rings (SSSR count). The van der Waals surface area contributed by atoms with Gasteiger partial charge >= 0.3 is 6.36 Å². The zero-order chi connectivity index (χ0) is 25.7. The van der Waals surface area contributed by atoms with Crippen molar-refractivity contribution in [3.63, 3.8) is 0 Å². The summed E-state index contributed by atoms with van der Waals surface area (Å²) >= 11 is 0. The summed E-state index contributed by atoms with van der Waals surface area (Å²) in [6.45, 7) is 5.64. The molecule has 1 aliphatic heterocycles. The molecule has 0 spiro atoms. The molecule has 13 heteroatoms. The van der Waals surface area contributed by atoms with E-state index in [4.69, 9.17) is 5.11 Å².